The number of nitrogens with zero attached hydrogens (tertiary/aromatic N) is 2. The molecule has 11 nitrogen and oxygen atoms in total. The lowest BCUT2D eigenvalue weighted by Gasteiger charge is -2.53. The molecular weight excluding hydrogens is 518 g/mol. The van der Waals surface area contributed by atoms with Crippen LogP contribution in [0.2, 0.25) is 0 Å². The van der Waals surface area contributed by atoms with E-state index in [1.807, 2.05) is 6.07 Å². The van der Waals surface area contributed by atoms with Crippen molar-refractivity contribution in [2.75, 3.05) is 14.1 Å². The Kier molecular flexibility index (Phi) is 6.15. The molecule has 11 heteroatoms. The Morgan fingerprint density at radius 2 is 1.75 bits per heavy atom. The predicted octanol–water partition coefficient (Wildman–Crippen LogP) is 0.805. The zero-order valence-electron chi connectivity index (χ0n) is 21.4. The number of nitriles is 1. The monoisotopic (exact) mass is 543 g/mol. The molecule has 1 saturated carbocycles. The Labute approximate surface area is 228 Å². The van der Waals surface area contributed by atoms with Gasteiger partial charge in [0.05, 0.1) is 40.8 Å². The summed E-state index contributed by atoms with van der Waals surface area (Å²) < 4.78 is 0. The van der Waals surface area contributed by atoms with Gasteiger partial charge in [-0.25, -0.2) is 0 Å². The number of fused-ring (bicyclic) bond motifs is 3. The van der Waals surface area contributed by atoms with Crippen LogP contribution in [0.15, 0.2) is 59.4 Å². The minimum Gasteiger partial charge on any atom is -0.508 e. The number of ketones is 2. The van der Waals surface area contributed by atoms with Gasteiger partial charge in [-0.2, -0.15) is 5.26 Å². The van der Waals surface area contributed by atoms with Gasteiger partial charge in [0.1, 0.15) is 22.8 Å². The maximum Gasteiger partial charge on any atom is 0.255 e. The van der Waals surface area contributed by atoms with Crippen LogP contribution in [0.1, 0.15) is 22.3 Å². The Bertz CT molecular complexity index is 1630. The molecule has 0 aromatic heterocycles. The quantitative estimate of drug-likeness (QED) is 0.300. The molecule has 0 unspecified atom stereocenters. The van der Waals surface area contributed by atoms with Gasteiger partial charge in [-0.3, -0.25) is 19.3 Å². The molecular formula is C29H25N3O8. The van der Waals surface area contributed by atoms with Gasteiger partial charge >= 0.3 is 0 Å². The van der Waals surface area contributed by atoms with Crippen LogP contribution in [0.4, 0.5) is 0 Å². The second-order valence-electron chi connectivity index (χ2n) is 10.2. The maximum atomic E-state index is 14.1. The van der Waals surface area contributed by atoms with Crippen molar-refractivity contribution in [1.29, 1.82) is 5.26 Å². The zero-order chi connectivity index (χ0) is 29.3. The highest BCUT2D eigenvalue weighted by Gasteiger charge is 2.68. The van der Waals surface area contributed by atoms with Crippen molar-refractivity contribution in [2.45, 2.75) is 17.7 Å². The molecule has 0 saturated heterocycles. The predicted molar refractivity (Wildman–Crippen MR) is 141 cm³/mol. The molecule has 0 bridgehead atoms. The van der Waals surface area contributed by atoms with E-state index in [-0.39, 0.29) is 16.7 Å². The summed E-state index contributed by atoms with van der Waals surface area (Å²) in [4.78, 5) is 40.9. The molecule has 1 fully saturated rings. The third kappa shape index (κ3) is 3.51. The summed E-state index contributed by atoms with van der Waals surface area (Å²) in [5.74, 6) is -9.09. The van der Waals surface area contributed by atoms with Crippen LogP contribution in [0.25, 0.3) is 17.4 Å². The first-order chi connectivity index (χ1) is 18.9. The zero-order valence-corrected chi connectivity index (χ0v) is 21.4. The van der Waals surface area contributed by atoms with E-state index in [1.165, 1.54) is 31.1 Å². The number of primary amides is 1. The molecule has 2 aromatic rings. The van der Waals surface area contributed by atoms with E-state index in [9.17, 15) is 39.9 Å². The van der Waals surface area contributed by atoms with Gasteiger partial charge in [0.15, 0.2) is 11.4 Å². The Morgan fingerprint density at radius 3 is 2.33 bits per heavy atom. The number of phenolic OH excluding ortho intramolecular Hbond substituents is 1. The molecule has 7 N–H and O–H groups in total. The fourth-order valence-electron chi connectivity index (χ4n) is 6.14. The number of nitrogens with two attached hydrogens (primary N) is 1. The summed E-state index contributed by atoms with van der Waals surface area (Å²) in [7, 11) is 2.87. The molecule has 5 atom stereocenters. The molecule has 3 aliphatic rings. The lowest BCUT2D eigenvalue weighted by atomic mass is 9.55. The third-order valence-electron chi connectivity index (χ3n) is 7.89. The fourth-order valence-corrected chi connectivity index (χ4v) is 6.14. The van der Waals surface area contributed by atoms with E-state index in [1.54, 1.807) is 36.4 Å². The molecule has 5 rings (SSSR count). The van der Waals surface area contributed by atoms with Crippen LogP contribution in [0.5, 0.6) is 5.75 Å². The number of benzene rings is 2. The van der Waals surface area contributed by atoms with Gasteiger partial charge in [0.2, 0.25) is 5.78 Å². The molecule has 1 amide bonds. The summed E-state index contributed by atoms with van der Waals surface area (Å²) in [5, 5.41) is 65.8. The summed E-state index contributed by atoms with van der Waals surface area (Å²) in [6.45, 7) is 0. The average molecular weight is 544 g/mol. The normalized spacial score (nSPS) is 28.8. The average Bonchev–Trinajstić information content (AvgIpc) is 2.90. The fraction of sp³-hybridized carbons (Fsp3) is 0.241. The van der Waals surface area contributed by atoms with E-state index in [0.717, 1.165) is 0 Å². The third-order valence-corrected chi connectivity index (χ3v) is 7.89. The highest BCUT2D eigenvalue weighted by molar-refractivity contribution is 6.25. The number of carbonyl (C=O) groups excluding carboxylic acids is 3. The lowest BCUT2D eigenvalue weighted by Crippen LogP contribution is -2.70. The number of amides is 1. The SMILES string of the molecule is CN(C)[C@H]1C(=O)C(C(N)=O)=C(O)[C@]2(O)C(=O)C3=C(O)c4c(O)cccc4/C(=C\c4ccc(C#N)cc4)[C@@H]3[C@@H](O)[C@H]12. The van der Waals surface area contributed by atoms with Gasteiger partial charge in [-0.1, -0.05) is 30.3 Å². The molecule has 2 aromatic carbocycles. The number of aromatic hydroxyl groups is 1. The Hall–Kier alpha value is -4.76. The lowest BCUT2D eigenvalue weighted by molar-refractivity contribution is -0.166. The first-order valence-electron chi connectivity index (χ1n) is 12.2. The maximum absolute atomic E-state index is 14.1. The molecule has 0 radical (unpaired) electrons. The van der Waals surface area contributed by atoms with Crippen molar-refractivity contribution in [3.63, 3.8) is 0 Å². The van der Waals surface area contributed by atoms with Crippen LogP contribution in [0, 0.1) is 23.2 Å². The van der Waals surface area contributed by atoms with E-state index >= 15 is 0 Å². The van der Waals surface area contributed by atoms with Gasteiger partial charge in [-0.05, 0) is 49.0 Å². The van der Waals surface area contributed by atoms with Crippen LogP contribution >= 0.6 is 0 Å². The van der Waals surface area contributed by atoms with E-state index in [0.29, 0.717) is 11.1 Å². The largest absolute Gasteiger partial charge is 0.508 e. The summed E-state index contributed by atoms with van der Waals surface area (Å²) in [6.07, 6.45) is -0.176. The van der Waals surface area contributed by atoms with Crippen LogP contribution < -0.4 is 5.73 Å². The minimum atomic E-state index is -3.01. The van der Waals surface area contributed by atoms with Crippen molar-refractivity contribution < 1.29 is 39.9 Å². The summed E-state index contributed by atoms with van der Waals surface area (Å²) in [5.41, 5.74) is 2.15. The smallest absolute Gasteiger partial charge is 0.255 e. The van der Waals surface area contributed by atoms with Crippen molar-refractivity contribution in [2.24, 2.45) is 17.6 Å². The summed E-state index contributed by atoms with van der Waals surface area (Å²) in [6, 6.07) is 11.3. The number of aliphatic hydroxyl groups is 4. The number of hydrogen-bond acceptors (Lipinski definition) is 10. The van der Waals surface area contributed by atoms with Crippen molar-refractivity contribution in [1.82, 2.24) is 4.90 Å². The molecule has 40 heavy (non-hydrogen) atoms. The minimum absolute atomic E-state index is 0.147. The number of hydrogen-bond donors (Lipinski definition) is 6. The number of phenols is 1. The Balaban J connectivity index is 1.84. The standard InChI is InChI=1S/C29H25N3O8/c1-32(2)22-21-24(35)18-15(10-12-6-8-13(11-30)9-7-12)14-4-3-5-16(33)17(14)23(34)19(18)26(37)29(21,40)27(38)20(25(22)36)28(31)39/h3-10,18,21-22,24,33-35,38,40H,1-2H3,(H2,31,39)/b15-10+/t18-,21-,22+,24+,29+/m0/s1. The second kappa shape index (κ2) is 9.17. The second-order valence-corrected chi connectivity index (χ2v) is 10.2. The van der Waals surface area contributed by atoms with Crippen molar-refractivity contribution >= 4 is 34.9 Å². The van der Waals surface area contributed by atoms with Gasteiger partial charge < -0.3 is 31.3 Å². The molecule has 3 aliphatic carbocycles. The van der Waals surface area contributed by atoms with Crippen LogP contribution in [-0.4, -0.2) is 79.7 Å². The topological polar surface area (TPSA) is 205 Å². The highest BCUT2D eigenvalue weighted by Crippen LogP contribution is 2.56. The van der Waals surface area contributed by atoms with Gasteiger partial charge in [0.25, 0.3) is 5.91 Å². The van der Waals surface area contributed by atoms with E-state index in [2.05, 4.69) is 0 Å². The van der Waals surface area contributed by atoms with E-state index < -0.39 is 75.5 Å². The molecule has 0 spiro atoms. The van der Waals surface area contributed by atoms with Crippen LogP contribution in [0.3, 0.4) is 0 Å². The number of carbonyl (C=O) groups is 3. The molecule has 0 heterocycles. The first kappa shape index (κ1) is 26.8. The summed E-state index contributed by atoms with van der Waals surface area (Å²) >= 11 is 0. The number of aliphatic hydroxyl groups excluding tert-OH is 3. The highest BCUT2D eigenvalue weighted by atomic mass is 16.4. The van der Waals surface area contributed by atoms with E-state index in [4.69, 9.17) is 11.0 Å². The number of likely N-dealkylation sites (N-methyl/N-ethyl adjacent to an activating group) is 1. The van der Waals surface area contributed by atoms with Crippen molar-refractivity contribution in [3.8, 4) is 11.8 Å². The van der Waals surface area contributed by atoms with Crippen LogP contribution in [-0.2, 0) is 14.4 Å². The van der Waals surface area contributed by atoms with Gasteiger partial charge in [-0.15, -0.1) is 0 Å². The van der Waals surface area contributed by atoms with Crippen molar-refractivity contribution in [3.05, 3.63) is 81.6 Å². The molecule has 0 aliphatic heterocycles. The first-order valence-corrected chi connectivity index (χ1v) is 12.2. The van der Waals surface area contributed by atoms with Gasteiger partial charge in [0, 0.05) is 5.92 Å². The number of Topliss-reactive ketones (excluding diaryl/α,β-unsaturated/α-hetero) is 2. The Morgan fingerprint density at radius 1 is 1.10 bits per heavy atom. The molecule has 204 valence electrons. The number of rotatable bonds is 3.